The predicted octanol–water partition coefficient (Wildman–Crippen LogP) is 2.78. The minimum atomic E-state index is -1.04. The molecule has 6 nitrogen and oxygen atoms in total. The summed E-state index contributed by atoms with van der Waals surface area (Å²) in [5.74, 6) is -1.70. The molecule has 132 valence electrons. The molecule has 1 aromatic rings. The minimum Gasteiger partial charge on any atom is -0.480 e. The van der Waals surface area contributed by atoms with Gasteiger partial charge < -0.3 is 15.7 Å². The molecule has 2 atom stereocenters. The van der Waals surface area contributed by atoms with Crippen LogP contribution in [-0.2, 0) is 14.4 Å². The molecule has 0 bridgehead atoms. The van der Waals surface area contributed by atoms with Crippen LogP contribution in [0, 0.1) is 0 Å². The van der Waals surface area contributed by atoms with Crippen LogP contribution in [0.3, 0.4) is 0 Å². The molecule has 0 aromatic heterocycles. The Labute approximate surface area is 150 Å². The molecule has 2 unspecified atom stereocenters. The summed E-state index contributed by atoms with van der Waals surface area (Å²) < 4.78 is 0.891. The number of halogens is 1. The van der Waals surface area contributed by atoms with E-state index >= 15 is 0 Å². The summed E-state index contributed by atoms with van der Waals surface area (Å²) in [7, 11) is 0. The van der Waals surface area contributed by atoms with E-state index in [1.807, 2.05) is 31.2 Å². The predicted molar refractivity (Wildman–Crippen MR) is 94.4 cm³/mol. The molecular formula is C17H23BrN2O4. The number of nitrogens with one attached hydrogen (secondary N) is 2. The number of amides is 2. The normalized spacial score (nSPS) is 13.0. The van der Waals surface area contributed by atoms with Crippen LogP contribution in [0.25, 0.3) is 0 Å². The highest BCUT2D eigenvalue weighted by Gasteiger charge is 2.22. The van der Waals surface area contributed by atoms with Gasteiger partial charge in [-0.3, -0.25) is 9.59 Å². The van der Waals surface area contributed by atoms with Crippen molar-refractivity contribution in [2.24, 2.45) is 0 Å². The summed E-state index contributed by atoms with van der Waals surface area (Å²) in [4.78, 5) is 34.8. The highest BCUT2D eigenvalue weighted by atomic mass is 79.9. The largest absolute Gasteiger partial charge is 0.480 e. The quantitative estimate of drug-likeness (QED) is 0.595. The third-order valence-electron chi connectivity index (χ3n) is 3.52. The first-order chi connectivity index (χ1) is 11.3. The molecular weight excluding hydrogens is 376 g/mol. The van der Waals surface area contributed by atoms with Gasteiger partial charge in [-0.05, 0) is 24.1 Å². The van der Waals surface area contributed by atoms with E-state index in [-0.39, 0.29) is 12.3 Å². The fourth-order valence-electron chi connectivity index (χ4n) is 2.30. The lowest BCUT2D eigenvalue weighted by molar-refractivity contribution is -0.142. The Bertz CT molecular complexity index is 574. The molecule has 0 aliphatic rings. The standard InChI is InChI=1S/C17H23BrN2O4/c1-3-4-5-14(17(23)24)20-16(22)10-15(19-11(2)21)12-6-8-13(18)9-7-12/h6-9,14-15H,3-5,10H2,1-2H3,(H,19,21)(H,20,22)(H,23,24). The number of carbonyl (C=O) groups excluding carboxylic acids is 2. The van der Waals surface area contributed by atoms with Gasteiger partial charge in [-0.2, -0.15) is 0 Å². The van der Waals surface area contributed by atoms with Crippen molar-refractivity contribution in [1.82, 2.24) is 10.6 Å². The summed E-state index contributed by atoms with van der Waals surface area (Å²) in [5, 5.41) is 14.5. The Kier molecular flexibility index (Phi) is 8.46. The molecule has 0 aliphatic heterocycles. The maximum Gasteiger partial charge on any atom is 0.326 e. The van der Waals surface area contributed by atoms with Crippen LogP contribution in [0.1, 0.15) is 51.1 Å². The Hall–Kier alpha value is -1.89. The van der Waals surface area contributed by atoms with Gasteiger partial charge in [0.1, 0.15) is 6.04 Å². The third-order valence-corrected chi connectivity index (χ3v) is 4.05. The second-order valence-corrected chi connectivity index (χ2v) is 6.53. The van der Waals surface area contributed by atoms with E-state index in [1.54, 1.807) is 0 Å². The lowest BCUT2D eigenvalue weighted by atomic mass is 10.0. The Morgan fingerprint density at radius 2 is 1.79 bits per heavy atom. The molecule has 0 saturated heterocycles. The monoisotopic (exact) mass is 398 g/mol. The van der Waals surface area contributed by atoms with Crippen molar-refractivity contribution in [2.75, 3.05) is 0 Å². The summed E-state index contributed by atoms with van der Waals surface area (Å²) >= 11 is 3.34. The van der Waals surface area contributed by atoms with Gasteiger partial charge in [0.05, 0.1) is 12.5 Å². The van der Waals surface area contributed by atoms with Crippen LogP contribution in [0.4, 0.5) is 0 Å². The second kappa shape index (κ2) is 10.1. The number of carbonyl (C=O) groups is 3. The van der Waals surface area contributed by atoms with Gasteiger partial charge in [0.2, 0.25) is 11.8 Å². The van der Waals surface area contributed by atoms with Crippen LogP contribution < -0.4 is 10.6 Å². The number of unbranched alkanes of at least 4 members (excludes halogenated alkanes) is 1. The molecule has 2 amide bonds. The molecule has 7 heteroatoms. The Morgan fingerprint density at radius 1 is 1.17 bits per heavy atom. The van der Waals surface area contributed by atoms with Crippen molar-refractivity contribution >= 4 is 33.7 Å². The number of benzene rings is 1. The SMILES string of the molecule is CCCCC(NC(=O)CC(NC(C)=O)c1ccc(Br)cc1)C(=O)O. The second-order valence-electron chi connectivity index (χ2n) is 5.61. The first kappa shape index (κ1) is 20.2. The molecule has 3 N–H and O–H groups in total. The van der Waals surface area contributed by atoms with Gasteiger partial charge in [0.15, 0.2) is 0 Å². The zero-order valence-corrected chi connectivity index (χ0v) is 15.4. The molecule has 1 rings (SSSR count). The molecule has 0 aliphatic carbocycles. The zero-order valence-electron chi connectivity index (χ0n) is 13.8. The van der Waals surface area contributed by atoms with E-state index in [2.05, 4.69) is 26.6 Å². The lowest BCUT2D eigenvalue weighted by Crippen LogP contribution is -2.42. The molecule has 0 spiro atoms. The first-order valence-electron chi connectivity index (χ1n) is 7.88. The van der Waals surface area contributed by atoms with Crippen molar-refractivity contribution < 1.29 is 19.5 Å². The molecule has 1 aromatic carbocycles. The molecule has 0 radical (unpaired) electrons. The van der Waals surface area contributed by atoms with Crippen LogP contribution in [0.15, 0.2) is 28.7 Å². The van der Waals surface area contributed by atoms with Crippen molar-refractivity contribution in [2.45, 2.75) is 51.6 Å². The fraction of sp³-hybridized carbons (Fsp3) is 0.471. The third kappa shape index (κ3) is 7.12. The molecule has 24 heavy (non-hydrogen) atoms. The highest BCUT2D eigenvalue weighted by molar-refractivity contribution is 9.10. The van der Waals surface area contributed by atoms with Crippen molar-refractivity contribution in [1.29, 1.82) is 0 Å². The van der Waals surface area contributed by atoms with Crippen LogP contribution in [-0.4, -0.2) is 28.9 Å². The zero-order chi connectivity index (χ0) is 18.1. The molecule has 0 fully saturated rings. The number of aliphatic carboxylic acids is 1. The Morgan fingerprint density at radius 3 is 2.29 bits per heavy atom. The highest BCUT2D eigenvalue weighted by Crippen LogP contribution is 2.20. The van der Waals surface area contributed by atoms with Gasteiger partial charge in [-0.25, -0.2) is 4.79 Å². The number of rotatable bonds is 9. The van der Waals surface area contributed by atoms with Crippen LogP contribution in [0.2, 0.25) is 0 Å². The van der Waals surface area contributed by atoms with E-state index in [0.717, 1.165) is 22.9 Å². The molecule has 0 heterocycles. The van der Waals surface area contributed by atoms with Gasteiger partial charge in [-0.15, -0.1) is 0 Å². The number of hydrogen-bond donors (Lipinski definition) is 3. The smallest absolute Gasteiger partial charge is 0.326 e. The van der Waals surface area contributed by atoms with Gasteiger partial charge >= 0.3 is 5.97 Å². The Balaban J connectivity index is 2.77. The van der Waals surface area contributed by atoms with Crippen molar-refractivity contribution in [3.8, 4) is 0 Å². The lowest BCUT2D eigenvalue weighted by Gasteiger charge is -2.20. The topological polar surface area (TPSA) is 95.5 Å². The van der Waals surface area contributed by atoms with Crippen LogP contribution >= 0.6 is 15.9 Å². The summed E-state index contributed by atoms with van der Waals surface area (Å²) in [6, 6.07) is 5.86. The van der Waals surface area contributed by atoms with E-state index < -0.39 is 24.0 Å². The average molecular weight is 399 g/mol. The minimum absolute atomic E-state index is 0.0167. The summed E-state index contributed by atoms with van der Waals surface area (Å²) in [5.41, 5.74) is 0.781. The molecule has 0 saturated carbocycles. The summed E-state index contributed by atoms with van der Waals surface area (Å²) in [6.07, 6.45) is 1.95. The van der Waals surface area contributed by atoms with Gasteiger partial charge in [0, 0.05) is 11.4 Å². The maximum atomic E-state index is 12.2. The van der Waals surface area contributed by atoms with E-state index in [0.29, 0.717) is 6.42 Å². The van der Waals surface area contributed by atoms with E-state index in [9.17, 15) is 19.5 Å². The summed E-state index contributed by atoms with van der Waals surface area (Å²) in [6.45, 7) is 3.34. The van der Waals surface area contributed by atoms with Gasteiger partial charge in [-0.1, -0.05) is 47.8 Å². The number of hydrogen-bond acceptors (Lipinski definition) is 3. The average Bonchev–Trinajstić information content (AvgIpc) is 2.50. The van der Waals surface area contributed by atoms with E-state index in [4.69, 9.17) is 0 Å². The fourth-order valence-corrected chi connectivity index (χ4v) is 2.56. The first-order valence-corrected chi connectivity index (χ1v) is 8.67. The van der Waals surface area contributed by atoms with Crippen molar-refractivity contribution in [3.05, 3.63) is 34.3 Å². The maximum absolute atomic E-state index is 12.2. The van der Waals surface area contributed by atoms with Gasteiger partial charge in [0.25, 0.3) is 0 Å². The number of carboxylic acid groups (broad SMARTS) is 1. The van der Waals surface area contributed by atoms with Crippen LogP contribution in [0.5, 0.6) is 0 Å². The number of carboxylic acids is 1. The van der Waals surface area contributed by atoms with E-state index in [1.165, 1.54) is 6.92 Å². The van der Waals surface area contributed by atoms with Crippen molar-refractivity contribution in [3.63, 3.8) is 0 Å².